The molecule has 1 saturated heterocycles. The van der Waals surface area contributed by atoms with Gasteiger partial charge in [-0.15, -0.1) is 11.8 Å². The number of likely N-dealkylation sites (tertiary alicyclic amines) is 1. The van der Waals surface area contributed by atoms with E-state index in [0.717, 1.165) is 53.9 Å². The molecule has 182 valence electrons. The van der Waals surface area contributed by atoms with Gasteiger partial charge < -0.3 is 19.8 Å². The molecule has 0 unspecified atom stereocenters. The number of nitrogens with zero attached hydrogens (tertiary/aromatic N) is 2. The molecule has 3 aromatic rings. The van der Waals surface area contributed by atoms with Crippen molar-refractivity contribution in [2.45, 2.75) is 36.7 Å². The molecule has 3 heterocycles. The van der Waals surface area contributed by atoms with Gasteiger partial charge in [0, 0.05) is 28.4 Å². The van der Waals surface area contributed by atoms with Crippen LogP contribution in [0, 0.1) is 11.8 Å². The molecular formula is C26H32N2O4S2. The third kappa shape index (κ3) is 6.30. The Bertz CT molecular complexity index is 1080. The number of thioether (sulfide) groups is 1. The highest BCUT2D eigenvalue weighted by Gasteiger charge is 2.34. The van der Waals surface area contributed by atoms with Crippen molar-refractivity contribution in [3.8, 4) is 5.75 Å². The maximum absolute atomic E-state index is 12.0. The lowest BCUT2D eigenvalue weighted by Gasteiger charge is -2.37. The van der Waals surface area contributed by atoms with E-state index in [4.69, 9.17) is 4.74 Å². The molecular weight excluding hydrogens is 468 g/mol. The number of carboxylic acids is 1. The molecule has 0 saturated carbocycles. The van der Waals surface area contributed by atoms with Gasteiger partial charge in [0.2, 0.25) is 0 Å². The van der Waals surface area contributed by atoms with E-state index in [9.17, 15) is 15.0 Å². The zero-order valence-electron chi connectivity index (χ0n) is 19.4. The number of rotatable bonds is 11. The number of carbonyl (C=O) groups is 1. The number of benzene rings is 1. The molecule has 1 aromatic carbocycles. The Hall–Kier alpha value is -2.13. The predicted octanol–water partition coefficient (Wildman–Crippen LogP) is 5.32. The summed E-state index contributed by atoms with van der Waals surface area (Å²) in [4.78, 5) is 20.0. The number of aromatic nitrogens is 1. The fraction of sp³-hybridized carbons (Fsp3) is 0.462. The number of methoxy groups -OCH3 is 1. The highest BCUT2D eigenvalue weighted by molar-refractivity contribution is 7.99. The van der Waals surface area contributed by atoms with Crippen molar-refractivity contribution in [3.05, 3.63) is 52.9 Å². The number of hydrogen-bond donors (Lipinski definition) is 2. The maximum Gasteiger partial charge on any atom is 0.308 e. The van der Waals surface area contributed by atoms with E-state index >= 15 is 0 Å². The number of fused-ring (bicyclic) bond motifs is 1. The van der Waals surface area contributed by atoms with Crippen LogP contribution in [0.3, 0.4) is 0 Å². The minimum absolute atomic E-state index is 0.0752. The Balaban J connectivity index is 1.31. The molecule has 0 spiro atoms. The van der Waals surface area contributed by atoms with Crippen LogP contribution < -0.4 is 4.74 Å². The Labute approximate surface area is 209 Å². The summed E-state index contributed by atoms with van der Waals surface area (Å²) in [5.74, 6) is 0.730. The van der Waals surface area contributed by atoms with Crippen molar-refractivity contribution in [3.63, 3.8) is 0 Å². The molecule has 2 aromatic heterocycles. The standard InChI is InChI=1S/C26H32N2O4S2/c1-32-19-4-5-24-22(15-19)21(7-10-27-24)25(29)6-3-18-8-12-28(16-23(18)26(30)31)11-2-13-34-20-9-14-33-17-20/h4-5,7,9-10,14-15,17-18,23,25,29H,2-3,6,8,11-13,16H2,1H3,(H,30,31)/t18-,23+,25+/m1/s1. The number of thiophene rings is 1. The summed E-state index contributed by atoms with van der Waals surface area (Å²) in [6.45, 7) is 2.44. The van der Waals surface area contributed by atoms with E-state index < -0.39 is 12.1 Å². The van der Waals surface area contributed by atoms with Crippen LogP contribution >= 0.6 is 23.1 Å². The molecule has 0 bridgehead atoms. The van der Waals surface area contributed by atoms with Gasteiger partial charge in [-0.25, -0.2) is 0 Å². The SMILES string of the molecule is COc1ccc2nccc([C@@H](O)CC[C@@H]3CCN(CCCSc4ccsc4)C[C@@H]3C(=O)O)c2c1. The second-order valence-corrected chi connectivity index (χ2v) is 10.8. The van der Waals surface area contributed by atoms with Gasteiger partial charge in [0.1, 0.15) is 5.75 Å². The van der Waals surface area contributed by atoms with Gasteiger partial charge in [0.05, 0.1) is 24.6 Å². The number of ether oxygens (including phenoxy) is 1. The number of aliphatic carboxylic acids is 1. The predicted molar refractivity (Wildman–Crippen MR) is 138 cm³/mol. The quantitative estimate of drug-likeness (QED) is 0.272. The molecule has 0 radical (unpaired) electrons. The number of hydrogen-bond acceptors (Lipinski definition) is 7. The van der Waals surface area contributed by atoms with Gasteiger partial charge in [-0.3, -0.25) is 9.78 Å². The molecule has 1 fully saturated rings. The van der Waals surface area contributed by atoms with Crippen LogP contribution in [0.5, 0.6) is 5.75 Å². The molecule has 4 rings (SSSR count). The first-order valence-electron chi connectivity index (χ1n) is 11.8. The number of pyridine rings is 1. The zero-order valence-corrected chi connectivity index (χ0v) is 21.1. The summed E-state index contributed by atoms with van der Waals surface area (Å²) < 4.78 is 5.34. The molecule has 0 amide bonds. The van der Waals surface area contributed by atoms with Crippen molar-refractivity contribution in [1.29, 1.82) is 0 Å². The summed E-state index contributed by atoms with van der Waals surface area (Å²) >= 11 is 3.58. The average molecular weight is 501 g/mol. The molecule has 8 heteroatoms. The van der Waals surface area contributed by atoms with E-state index in [1.54, 1.807) is 24.6 Å². The smallest absolute Gasteiger partial charge is 0.308 e. The lowest BCUT2D eigenvalue weighted by Crippen LogP contribution is -2.44. The Kier molecular flexibility index (Phi) is 8.83. The second-order valence-electron chi connectivity index (χ2n) is 8.83. The third-order valence-corrected chi connectivity index (χ3v) is 8.60. The normalized spacial score (nSPS) is 19.8. The molecule has 6 nitrogen and oxygen atoms in total. The summed E-state index contributed by atoms with van der Waals surface area (Å²) in [6.07, 6.45) is 4.17. The van der Waals surface area contributed by atoms with Crippen LogP contribution in [0.15, 0.2) is 52.2 Å². The molecule has 2 N–H and O–H groups in total. The van der Waals surface area contributed by atoms with Crippen LogP contribution in [0.25, 0.3) is 10.9 Å². The number of aliphatic hydroxyl groups excluding tert-OH is 1. The molecule has 0 aliphatic carbocycles. The van der Waals surface area contributed by atoms with Crippen LogP contribution in [0.4, 0.5) is 0 Å². The molecule has 34 heavy (non-hydrogen) atoms. The number of aliphatic hydroxyl groups is 1. The van der Waals surface area contributed by atoms with Crippen molar-refractivity contribution >= 4 is 40.0 Å². The largest absolute Gasteiger partial charge is 0.497 e. The molecule has 1 aliphatic heterocycles. The van der Waals surface area contributed by atoms with Gasteiger partial charge in [0.25, 0.3) is 0 Å². The van der Waals surface area contributed by atoms with Crippen LogP contribution in [-0.4, -0.2) is 58.6 Å². The molecule has 3 atom stereocenters. The number of piperidine rings is 1. The summed E-state index contributed by atoms with van der Waals surface area (Å²) in [5, 5.41) is 26.0. The van der Waals surface area contributed by atoms with E-state index in [1.165, 1.54) is 4.90 Å². The fourth-order valence-electron chi connectivity index (χ4n) is 4.80. The first-order chi connectivity index (χ1) is 16.5. The van der Waals surface area contributed by atoms with Crippen LogP contribution in [-0.2, 0) is 4.79 Å². The van der Waals surface area contributed by atoms with Gasteiger partial charge in [0.15, 0.2) is 0 Å². The minimum atomic E-state index is -0.726. The topological polar surface area (TPSA) is 82.9 Å². The van der Waals surface area contributed by atoms with E-state index in [2.05, 4.69) is 26.7 Å². The first-order valence-corrected chi connectivity index (χ1v) is 13.7. The van der Waals surface area contributed by atoms with Gasteiger partial charge in [-0.2, -0.15) is 11.3 Å². The van der Waals surface area contributed by atoms with Crippen molar-refractivity contribution in [2.75, 3.05) is 32.5 Å². The van der Waals surface area contributed by atoms with Crippen molar-refractivity contribution in [2.24, 2.45) is 11.8 Å². The zero-order chi connectivity index (χ0) is 23.9. The van der Waals surface area contributed by atoms with Crippen molar-refractivity contribution in [1.82, 2.24) is 9.88 Å². The molecule has 1 aliphatic rings. The minimum Gasteiger partial charge on any atom is -0.497 e. The lowest BCUT2D eigenvalue weighted by molar-refractivity contribution is -0.146. The second kappa shape index (κ2) is 12.0. The van der Waals surface area contributed by atoms with Gasteiger partial charge in [-0.05, 0) is 91.7 Å². The highest BCUT2D eigenvalue weighted by Crippen LogP contribution is 2.34. The maximum atomic E-state index is 12.0. The number of carboxylic acid groups (broad SMARTS) is 1. The van der Waals surface area contributed by atoms with Gasteiger partial charge >= 0.3 is 5.97 Å². The Morgan fingerprint density at radius 2 is 2.24 bits per heavy atom. The first kappa shape index (κ1) is 25.0. The van der Waals surface area contributed by atoms with Gasteiger partial charge in [-0.1, -0.05) is 0 Å². The highest BCUT2D eigenvalue weighted by atomic mass is 32.2. The summed E-state index contributed by atoms with van der Waals surface area (Å²) in [7, 11) is 1.62. The van der Waals surface area contributed by atoms with E-state index in [0.29, 0.717) is 19.4 Å². The van der Waals surface area contributed by atoms with Crippen molar-refractivity contribution < 1.29 is 19.7 Å². The fourth-order valence-corrected chi connectivity index (χ4v) is 6.52. The third-order valence-electron chi connectivity index (χ3n) is 6.69. The lowest BCUT2D eigenvalue weighted by atomic mass is 9.81. The van der Waals surface area contributed by atoms with Crippen LogP contribution in [0.2, 0.25) is 0 Å². The van der Waals surface area contributed by atoms with E-state index in [-0.39, 0.29) is 11.8 Å². The Morgan fingerprint density at radius 1 is 1.35 bits per heavy atom. The summed E-state index contributed by atoms with van der Waals surface area (Å²) in [6, 6.07) is 9.63. The van der Waals surface area contributed by atoms with E-state index in [1.807, 2.05) is 36.0 Å². The summed E-state index contributed by atoms with van der Waals surface area (Å²) in [5.41, 5.74) is 1.63. The monoisotopic (exact) mass is 500 g/mol. The average Bonchev–Trinajstić information content (AvgIpc) is 3.38. The van der Waals surface area contributed by atoms with Crippen LogP contribution in [0.1, 0.15) is 37.4 Å². The Morgan fingerprint density at radius 3 is 3.00 bits per heavy atom.